The Hall–Kier alpha value is -8.62. The Morgan fingerprint density at radius 2 is 1.09 bits per heavy atom. The summed E-state index contributed by atoms with van der Waals surface area (Å²) in [5.41, 5.74) is 27.3. The summed E-state index contributed by atoms with van der Waals surface area (Å²) in [7, 11) is -1.02. The molecule has 3 nitrogen and oxygen atoms in total. The van der Waals surface area contributed by atoms with Gasteiger partial charge in [0.2, 0.25) is 11.0 Å². The van der Waals surface area contributed by atoms with Crippen LogP contribution in [0.2, 0.25) is 0 Å². The van der Waals surface area contributed by atoms with E-state index in [1.165, 1.54) is 127 Å². The lowest BCUT2D eigenvalue weighted by molar-refractivity contribution is -0.510. The number of hydrogen-bond donors (Lipinski definition) is 0. The molecule has 4 heterocycles. The molecule has 0 saturated carbocycles. The SMILES string of the molecule is CCc1cc2c(cc1-c1cc(-c3cccc(-n4c5cccc(c5CC)c5cccc[n+]5p5c6c(cccc64)c4cccc[n+]45)c3)ccc1CC1=C/C/C(c3ccccc3)=C\C/C(c3ccccc3)=C\1)-c1ccccc1C2(C)C. The Morgan fingerprint density at radius 3 is 1.85 bits per heavy atom. The highest BCUT2D eigenvalue weighted by atomic mass is 31.1. The van der Waals surface area contributed by atoms with Gasteiger partial charge in [0.05, 0.1) is 21.8 Å². The summed E-state index contributed by atoms with van der Waals surface area (Å²) in [5.74, 6) is 0. The molecule has 0 fully saturated rings. The molecule has 2 bridgehead atoms. The Balaban J connectivity index is 0.993. The van der Waals surface area contributed by atoms with E-state index in [2.05, 4.69) is 284 Å². The first-order valence-electron chi connectivity index (χ1n) is 27.9. The highest BCUT2D eigenvalue weighted by Crippen LogP contribution is 2.51. The van der Waals surface area contributed by atoms with Crippen molar-refractivity contribution >= 4 is 56.8 Å². The molecule has 12 aromatic rings. The van der Waals surface area contributed by atoms with Gasteiger partial charge < -0.3 is 4.57 Å². The number of fused-ring (bicyclic) bond motifs is 11. The van der Waals surface area contributed by atoms with Crippen LogP contribution in [0.5, 0.6) is 0 Å². The molecule has 0 aliphatic heterocycles. The standard InChI is InChI=1S/C74H62N3P/c1-5-51-48-68-66(61-28-13-14-31-67(61)74(68,3)4)49-65(51)64-47-57(40-41-58(64)45-50-36-37-54(52-22-9-7-10-23-52)38-39-56(44-50)53-24-11-8-12-25-53)55-26-19-27-59(46-55)77-71-34-20-29-62(60(71)6-2)69-32-15-17-42-75(69)78-73-63(30-21-35-72(73)77)70-33-16-18-43-76(70)78/h7-36,38,40-44,46-49H,5-6,37,39,45H2,1-4H3/q+2/b50-36+,54-38+,56-44+. The van der Waals surface area contributed by atoms with E-state index in [9.17, 15) is 0 Å². The molecule has 1 atom stereocenters. The van der Waals surface area contributed by atoms with Crippen LogP contribution in [0.3, 0.4) is 0 Å². The Bertz CT molecular complexity index is 4510. The maximum atomic E-state index is 2.58. The van der Waals surface area contributed by atoms with Crippen molar-refractivity contribution in [3.63, 3.8) is 0 Å². The zero-order valence-electron chi connectivity index (χ0n) is 44.9. The predicted octanol–water partition coefficient (Wildman–Crippen LogP) is 18.5. The fourth-order valence-electron chi connectivity index (χ4n) is 13.2. The number of benzene rings is 8. The van der Waals surface area contributed by atoms with Crippen LogP contribution < -0.4 is 8.33 Å². The smallest absolute Gasteiger partial charge is 0.309 e. The van der Waals surface area contributed by atoms with Crippen LogP contribution >= 0.6 is 7.66 Å². The zero-order valence-corrected chi connectivity index (χ0v) is 45.8. The van der Waals surface area contributed by atoms with Gasteiger partial charge in [-0.05, 0) is 182 Å². The molecule has 0 N–H and O–H groups in total. The minimum atomic E-state index is -1.02. The van der Waals surface area contributed by atoms with Gasteiger partial charge in [-0.3, -0.25) is 0 Å². The first-order valence-corrected chi connectivity index (χ1v) is 29.2. The maximum Gasteiger partial charge on any atom is 0.450 e. The monoisotopic (exact) mass is 1020 g/mol. The molecule has 14 rings (SSSR count). The fraction of sp³-hybridized carbons (Fsp3) is 0.135. The van der Waals surface area contributed by atoms with E-state index < -0.39 is 7.66 Å². The van der Waals surface area contributed by atoms with E-state index in [1.54, 1.807) is 0 Å². The highest BCUT2D eigenvalue weighted by Gasteiger charge is 2.36. The molecule has 376 valence electrons. The van der Waals surface area contributed by atoms with E-state index in [-0.39, 0.29) is 5.41 Å². The van der Waals surface area contributed by atoms with Crippen LogP contribution in [0, 0.1) is 0 Å². The topological polar surface area (TPSA) is 13.1 Å². The Morgan fingerprint density at radius 1 is 0.462 bits per heavy atom. The molecular formula is C74H62N3P+2. The fourth-order valence-corrected chi connectivity index (χ4v) is 15.8. The lowest BCUT2D eigenvalue weighted by Gasteiger charge is -2.23. The van der Waals surface area contributed by atoms with E-state index in [0.29, 0.717) is 0 Å². The molecule has 4 heteroatoms. The quantitative estimate of drug-likeness (QED) is 0.137. The third kappa shape index (κ3) is 7.94. The van der Waals surface area contributed by atoms with Gasteiger partial charge in [0.1, 0.15) is 0 Å². The van der Waals surface area contributed by atoms with Crippen molar-refractivity contribution in [1.82, 2.24) is 4.57 Å². The molecule has 1 unspecified atom stereocenters. The lowest BCUT2D eigenvalue weighted by atomic mass is 9.80. The number of rotatable bonds is 9. The average molecular weight is 1020 g/mol. The van der Waals surface area contributed by atoms with E-state index in [0.717, 1.165) is 37.8 Å². The summed E-state index contributed by atoms with van der Waals surface area (Å²) < 4.78 is 7.67. The molecule has 0 radical (unpaired) electrons. The first-order chi connectivity index (χ1) is 38.4. The lowest BCUT2D eigenvalue weighted by Crippen LogP contribution is -2.26. The van der Waals surface area contributed by atoms with Crippen LogP contribution in [-0.2, 0) is 24.7 Å². The molecule has 0 saturated heterocycles. The maximum absolute atomic E-state index is 2.58. The minimum absolute atomic E-state index is 0.0860. The molecule has 4 aromatic heterocycles. The summed E-state index contributed by atoms with van der Waals surface area (Å²) >= 11 is 0. The zero-order chi connectivity index (χ0) is 52.5. The highest BCUT2D eigenvalue weighted by molar-refractivity contribution is 7.38. The Kier molecular flexibility index (Phi) is 11.9. The van der Waals surface area contributed by atoms with Crippen molar-refractivity contribution in [1.29, 1.82) is 0 Å². The largest absolute Gasteiger partial charge is 0.450 e. The van der Waals surface area contributed by atoms with Gasteiger partial charge >= 0.3 is 7.66 Å². The minimum Gasteiger partial charge on any atom is -0.309 e. The molecule has 8 aromatic carbocycles. The average Bonchev–Trinajstić information content (AvgIpc) is 4.16. The third-order valence-electron chi connectivity index (χ3n) is 17.1. The number of aromatic nitrogens is 3. The van der Waals surface area contributed by atoms with E-state index in [1.807, 2.05) is 0 Å². The molecule has 2 aliphatic rings. The summed E-state index contributed by atoms with van der Waals surface area (Å²) in [5, 5.41) is 3.94. The number of allylic oxidation sites excluding steroid dienone is 6. The first kappa shape index (κ1) is 47.8. The van der Waals surface area contributed by atoms with Crippen LogP contribution in [0.1, 0.15) is 79.5 Å². The summed E-state index contributed by atoms with van der Waals surface area (Å²) in [6, 6.07) is 80.1. The van der Waals surface area contributed by atoms with Gasteiger partial charge in [0.15, 0.2) is 17.5 Å². The van der Waals surface area contributed by atoms with Gasteiger partial charge in [-0.15, -0.1) is 8.33 Å². The van der Waals surface area contributed by atoms with Crippen molar-refractivity contribution in [2.75, 3.05) is 0 Å². The van der Waals surface area contributed by atoms with Gasteiger partial charge in [-0.2, -0.15) is 0 Å². The van der Waals surface area contributed by atoms with Crippen LogP contribution in [0.15, 0.2) is 249 Å². The normalized spacial score (nSPS) is 16.3. The van der Waals surface area contributed by atoms with Crippen LogP contribution in [0.4, 0.5) is 0 Å². The number of nitrogens with zero attached hydrogens (tertiary/aromatic N) is 3. The van der Waals surface area contributed by atoms with Crippen molar-refractivity contribution in [2.45, 2.75) is 65.2 Å². The predicted molar refractivity (Wildman–Crippen MR) is 329 cm³/mol. The third-order valence-corrected chi connectivity index (χ3v) is 19.4. The van der Waals surface area contributed by atoms with E-state index >= 15 is 0 Å². The second-order valence-corrected chi connectivity index (χ2v) is 23.7. The molecule has 2 aliphatic carbocycles. The van der Waals surface area contributed by atoms with E-state index in [4.69, 9.17) is 0 Å². The molecule has 78 heavy (non-hydrogen) atoms. The summed E-state index contributed by atoms with van der Waals surface area (Å²) in [6.07, 6.45) is 16.4. The molecule has 0 spiro atoms. The van der Waals surface area contributed by atoms with Crippen molar-refractivity contribution in [3.05, 3.63) is 287 Å². The second-order valence-electron chi connectivity index (χ2n) is 21.8. The van der Waals surface area contributed by atoms with Crippen molar-refractivity contribution in [3.8, 4) is 39.1 Å². The van der Waals surface area contributed by atoms with Crippen LogP contribution in [-0.4, -0.2) is 4.57 Å². The summed E-state index contributed by atoms with van der Waals surface area (Å²) in [6.45, 7) is 9.45. The van der Waals surface area contributed by atoms with Crippen molar-refractivity contribution < 1.29 is 8.33 Å². The number of aryl methyl sites for hydroxylation is 2. The van der Waals surface area contributed by atoms with Gasteiger partial charge in [-0.1, -0.05) is 173 Å². The number of hydrogen-bond acceptors (Lipinski definition) is 0. The molecular weight excluding hydrogens is 962 g/mol. The van der Waals surface area contributed by atoms with Gasteiger partial charge in [-0.25, -0.2) is 0 Å². The van der Waals surface area contributed by atoms with Crippen molar-refractivity contribution in [2.24, 2.45) is 0 Å². The van der Waals surface area contributed by atoms with Gasteiger partial charge in [0.25, 0.3) is 0 Å². The Labute approximate surface area is 458 Å². The summed E-state index contributed by atoms with van der Waals surface area (Å²) in [4.78, 5) is 0. The second kappa shape index (κ2) is 19.4. The molecule has 0 amide bonds. The number of pyridine rings is 2. The van der Waals surface area contributed by atoms with Gasteiger partial charge in [0, 0.05) is 35.4 Å². The van der Waals surface area contributed by atoms with Crippen LogP contribution in [0.25, 0.3) is 88.2 Å².